The zero-order valence-corrected chi connectivity index (χ0v) is 11.0. The van der Waals surface area contributed by atoms with Crippen molar-refractivity contribution in [2.75, 3.05) is 6.54 Å². The molecule has 0 saturated carbocycles. The standard InChI is InChI=1S/C14H21NO3/c1-4-9-15(10(2)3)13(16)11-7-5-6-8-12(11)14(17)18/h4-6,10-12H,1,7-9H2,2-3H3,(H,17,18). The molecule has 0 bridgehead atoms. The summed E-state index contributed by atoms with van der Waals surface area (Å²) in [7, 11) is 0. The molecule has 100 valence electrons. The van der Waals surface area contributed by atoms with Gasteiger partial charge in [0, 0.05) is 12.6 Å². The number of aliphatic carboxylic acids is 1. The number of carbonyl (C=O) groups excluding carboxylic acids is 1. The van der Waals surface area contributed by atoms with E-state index in [1.54, 1.807) is 11.0 Å². The maximum atomic E-state index is 12.4. The number of carboxylic acids is 1. The Balaban J connectivity index is 2.88. The molecule has 2 atom stereocenters. The second kappa shape index (κ2) is 6.38. The number of rotatable bonds is 5. The first-order valence-electron chi connectivity index (χ1n) is 6.28. The number of carbonyl (C=O) groups is 2. The van der Waals surface area contributed by atoms with Gasteiger partial charge in [-0.15, -0.1) is 6.58 Å². The summed E-state index contributed by atoms with van der Waals surface area (Å²) in [4.78, 5) is 25.3. The van der Waals surface area contributed by atoms with E-state index in [2.05, 4.69) is 6.58 Å². The molecule has 1 amide bonds. The van der Waals surface area contributed by atoms with Crippen LogP contribution in [-0.4, -0.2) is 34.5 Å². The van der Waals surface area contributed by atoms with Crippen molar-refractivity contribution in [1.29, 1.82) is 0 Å². The summed E-state index contributed by atoms with van der Waals surface area (Å²) in [6, 6.07) is 0.0517. The van der Waals surface area contributed by atoms with Gasteiger partial charge in [0.05, 0.1) is 11.8 Å². The van der Waals surface area contributed by atoms with Crippen molar-refractivity contribution >= 4 is 11.9 Å². The van der Waals surface area contributed by atoms with E-state index in [1.807, 2.05) is 26.0 Å². The maximum Gasteiger partial charge on any atom is 0.307 e. The molecule has 0 aromatic carbocycles. The fourth-order valence-electron chi connectivity index (χ4n) is 2.27. The summed E-state index contributed by atoms with van der Waals surface area (Å²) in [5, 5.41) is 9.18. The highest BCUT2D eigenvalue weighted by Crippen LogP contribution is 2.28. The van der Waals surface area contributed by atoms with E-state index >= 15 is 0 Å². The van der Waals surface area contributed by atoms with Crippen LogP contribution in [-0.2, 0) is 9.59 Å². The third-order valence-electron chi connectivity index (χ3n) is 3.30. The van der Waals surface area contributed by atoms with Crippen molar-refractivity contribution < 1.29 is 14.7 Å². The molecule has 2 unspecified atom stereocenters. The average Bonchev–Trinajstić information content (AvgIpc) is 2.34. The van der Waals surface area contributed by atoms with Crippen LogP contribution < -0.4 is 0 Å². The van der Waals surface area contributed by atoms with Crippen LogP contribution in [0.4, 0.5) is 0 Å². The molecule has 4 nitrogen and oxygen atoms in total. The molecule has 0 aromatic heterocycles. The molecule has 0 saturated heterocycles. The number of allylic oxidation sites excluding steroid dienone is 2. The van der Waals surface area contributed by atoms with Gasteiger partial charge >= 0.3 is 5.97 Å². The van der Waals surface area contributed by atoms with Gasteiger partial charge in [-0.3, -0.25) is 9.59 Å². The van der Waals surface area contributed by atoms with Gasteiger partial charge in [0.1, 0.15) is 0 Å². The van der Waals surface area contributed by atoms with Crippen molar-refractivity contribution in [2.45, 2.75) is 32.7 Å². The highest BCUT2D eigenvalue weighted by atomic mass is 16.4. The molecule has 0 spiro atoms. The molecule has 4 heteroatoms. The zero-order chi connectivity index (χ0) is 13.7. The molecule has 1 aliphatic carbocycles. The van der Waals surface area contributed by atoms with E-state index in [1.165, 1.54) is 0 Å². The van der Waals surface area contributed by atoms with Gasteiger partial charge in [0.2, 0.25) is 5.91 Å². The highest BCUT2D eigenvalue weighted by Gasteiger charge is 2.36. The SMILES string of the molecule is C=CCN(C(=O)C1CC=CCC1C(=O)O)C(C)C. The van der Waals surface area contributed by atoms with Crippen LogP contribution in [0.3, 0.4) is 0 Å². The van der Waals surface area contributed by atoms with Crippen molar-refractivity contribution in [3.05, 3.63) is 24.8 Å². The molecule has 1 aliphatic rings. The quantitative estimate of drug-likeness (QED) is 0.761. The van der Waals surface area contributed by atoms with Gasteiger partial charge in [-0.25, -0.2) is 0 Å². The predicted octanol–water partition coefficient (Wildman–Crippen LogP) is 2.08. The van der Waals surface area contributed by atoms with Gasteiger partial charge in [0.25, 0.3) is 0 Å². The van der Waals surface area contributed by atoms with Crippen molar-refractivity contribution in [1.82, 2.24) is 4.90 Å². The van der Waals surface area contributed by atoms with Crippen molar-refractivity contribution in [3.63, 3.8) is 0 Å². The van der Waals surface area contributed by atoms with E-state index in [4.69, 9.17) is 0 Å². The summed E-state index contributed by atoms with van der Waals surface area (Å²) in [6.45, 7) is 7.95. The minimum Gasteiger partial charge on any atom is -0.481 e. The van der Waals surface area contributed by atoms with Crippen LogP contribution in [0.1, 0.15) is 26.7 Å². The number of nitrogens with zero attached hydrogens (tertiary/aromatic N) is 1. The number of carboxylic acid groups (broad SMARTS) is 1. The van der Waals surface area contributed by atoms with Crippen LogP contribution in [0.15, 0.2) is 24.8 Å². The van der Waals surface area contributed by atoms with Crippen LogP contribution in [0.25, 0.3) is 0 Å². The van der Waals surface area contributed by atoms with Crippen LogP contribution >= 0.6 is 0 Å². The number of hydrogen-bond acceptors (Lipinski definition) is 2. The summed E-state index contributed by atoms with van der Waals surface area (Å²) in [6.07, 6.45) is 6.36. The molecule has 0 radical (unpaired) electrons. The number of amides is 1. The molecule has 0 heterocycles. The van der Waals surface area contributed by atoms with Gasteiger partial charge < -0.3 is 10.0 Å². The molecule has 18 heavy (non-hydrogen) atoms. The smallest absolute Gasteiger partial charge is 0.307 e. The van der Waals surface area contributed by atoms with E-state index in [-0.39, 0.29) is 11.9 Å². The van der Waals surface area contributed by atoms with Crippen molar-refractivity contribution in [2.24, 2.45) is 11.8 Å². The summed E-state index contributed by atoms with van der Waals surface area (Å²) >= 11 is 0. The Kier molecular flexibility index (Phi) is 5.13. The van der Waals surface area contributed by atoms with Crippen LogP contribution in [0, 0.1) is 11.8 Å². The Labute approximate surface area is 108 Å². The zero-order valence-electron chi connectivity index (χ0n) is 11.0. The second-order valence-corrected chi connectivity index (χ2v) is 4.87. The maximum absolute atomic E-state index is 12.4. The van der Waals surface area contributed by atoms with E-state index in [0.29, 0.717) is 19.4 Å². The van der Waals surface area contributed by atoms with Crippen LogP contribution in [0.5, 0.6) is 0 Å². The largest absolute Gasteiger partial charge is 0.481 e. The summed E-state index contributed by atoms with van der Waals surface area (Å²) in [5.41, 5.74) is 0. The first-order valence-corrected chi connectivity index (χ1v) is 6.28. The van der Waals surface area contributed by atoms with Gasteiger partial charge in [-0.2, -0.15) is 0 Å². The lowest BCUT2D eigenvalue weighted by Gasteiger charge is -2.32. The fourth-order valence-corrected chi connectivity index (χ4v) is 2.27. The third kappa shape index (κ3) is 3.22. The minimum atomic E-state index is -0.889. The van der Waals surface area contributed by atoms with Gasteiger partial charge in [-0.05, 0) is 26.7 Å². The summed E-state index contributed by atoms with van der Waals surface area (Å²) in [5.74, 6) is -2.02. The molecule has 0 fully saturated rings. The number of hydrogen-bond donors (Lipinski definition) is 1. The van der Waals surface area contributed by atoms with E-state index in [9.17, 15) is 14.7 Å². The Morgan fingerprint density at radius 1 is 1.39 bits per heavy atom. The monoisotopic (exact) mass is 251 g/mol. The van der Waals surface area contributed by atoms with Gasteiger partial charge in [0.15, 0.2) is 0 Å². The molecule has 0 aliphatic heterocycles. The Morgan fingerprint density at radius 3 is 2.39 bits per heavy atom. The average molecular weight is 251 g/mol. The van der Waals surface area contributed by atoms with Gasteiger partial charge in [-0.1, -0.05) is 18.2 Å². The first kappa shape index (κ1) is 14.5. The molecular formula is C14H21NO3. The Bertz CT molecular complexity index is 360. The molecule has 0 aromatic rings. The highest BCUT2D eigenvalue weighted by molar-refractivity contribution is 5.85. The lowest BCUT2D eigenvalue weighted by molar-refractivity contribution is -0.151. The summed E-state index contributed by atoms with van der Waals surface area (Å²) < 4.78 is 0. The Hall–Kier alpha value is -1.58. The minimum absolute atomic E-state index is 0.0517. The lowest BCUT2D eigenvalue weighted by atomic mass is 9.82. The molecule has 1 rings (SSSR count). The molecule has 1 N–H and O–H groups in total. The molecular weight excluding hydrogens is 230 g/mol. The third-order valence-corrected chi connectivity index (χ3v) is 3.30. The second-order valence-electron chi connectivity index (χ2n) is 4.87. The first-order chi connectivity index (χ1) is 8.49. The normalized spacial score (nSPS) is 22.8. The fraction of sp³-hybridized carbons (Fsp3) is 0.571. The van der Waals surface area contributed by atoms with Crippen LogP contribution in [0.2, 0.25) is 0 Å². The van der Waals surface area contributed by atoms with E-state index < -0.39 is 17.8 Å². The lowest BCUT2D eigenvalue weighted by Crippen LogP contribution is -2.45. The topological polar surface area (TPSA) is 57.6 Å². The van der Waals surface area contributed by atoms with Crippen molar-refractivity contribution in [3.8, 4) is 0 Å². The Morgan fingerprint density at radius 2 is 1.94 bits per heavy atom. The predicted molar refractivity (Wildman–Crippen MR) is 70.0 cm³/mol. The van der Waals surface area contributed by atoms with E-state index in [0.717, 1.165) is 0 Å².